The zero-order chi connectivity index (χ0) is 18.6. The Labute approximate surface area is 160 Å². The van der Waals surface area contributed by atoms with Crippen LogP contribution >= 0.6 is 0 Å². The number of hydrogen-bond acceptors (Lipinski definition) is 3. The Morgan fingerprint density at radius 2 is 2.11 bits per heavy atom. The van der Waals surface area contributed by atoms with Crippen LogP contribution in [0, 0.1) is 17.3 Å². The highest BCUT2D eigenvalue weighted by Gasteiger charge is 2.56. The molecule has 5 rings (SSSR count). The first-order chi connectivity index (χ1) is 13.1. The van der Waals surface area contributed by atoms with Crippen LogP contribution in [0.4, 0.5) is 0 Å². The van der Waals surface area contributed by atoms with Crippen molar-refractivity contribution in [1.29, 1.82) is 0 Å². The highest BCUT2D eigenvalue weighted by atomic mass is 16.3. The zero-order valence-electron chi connectivity index (χ0n) is 15.8. The second kappa shape index (κ2) is 6.20. The lowest BCUT2D eigenvalue weighted by Gasteiger charge is -2.49. The molecular formula is C24H27NO2. The molecule has 1 aromatic carbocycles. The van der Waals surface area contributed by atoms with E-state index >= 15 is 0 Å². The predicted molar refractivity (Wildman–Crippen MR) is 106 cm³/mol. The van der Waals surface area contributed by atoms with E-state index in [1.54, 1.807) is 6.20 Å². The highest BCUT2D eigenvalue weighted by molar-refractivity contribution is 5.54. The quantitative estimate of drug-likeness (QED) is 0.774. The van der Waals surface area contributed by atoms with Gasteiger partial charge in [0.15, 0.2) is 0 Å². The summed E-state index contributed by atoms with van der Waals surface area (Å²) in [6.45, 7) is 2.30. The number of phenolic OH excluding ortho intramolecular Hbond substituents is 1. The maximum absolute atomic E-state index is 11.2. The minimum absolute atomic E-state index is 0.0242. The Kier molecular flexibility index (Phi) is 3.90. The Balaban J connectivity index is 1.49. The maximum Gasteiger partial charge on any atom is 0.115 e. The number of aromatic hydroxyl groups is 1. The average molecular weight is 361 g/mol. The van der Waals surface area contributed by atoms with Crippen LogP contribution in [0.3, 0.4) is 0 Å². The van der Waals surface area contributed by atoms with Crippen molar-refractivity contribution in [1.82, 2.24) is 4.98 Å². The third-order valence-electron chi connectivity index (χ3n) is 7.62. The van der Waals surface area contributed by atoms with E-state index in [-0.39, 0.29) is 11.5 Å². The standard InChI is InChI=1S/C24H27NO2/c1-24-9-8-20-19-7-5-18(26)12-16(19)4-6-21(20)22(24)13-17(23(24)27)11-15-3-2-10-25-14-15/h2-3,5,7,10-12,14,20-23,26-27H,4,6,8-9,13H2,1H3/b17-11+/t20-,21-,22+,23+,24+/m1/s1. The first kappa shape index (κ1) is 17.0. The first-order valence-electron chi connectivity index (χ1n) is 10.2. The molecule has 5 atom stereocenters. The van der Waals surface area contributed by atoms with Gasteiger partial charge in [-0.05, 0) is 90.3 Å². The minimum atomic E-state index is -0.357. The van der Waals surface area contributed by atoms with Crippen molar-refractivity contribution >= 4 is 6.08 Å². The van der Waals surface area contributed by atoms with E-state index in [0.717, 1.165) is 37.7 Å². The van der Waals surface area contributed by atoms with Gasteiger partial charge in [-0.25, -0.2) is 0 Å². The zero-order valence-corrected chi connectivity index (χ0v) is 15.8. The van der Waals surface area contributed by atoms with Gasteiger partial charge in [-0.2, -0.15) is 0 Å². The molecule has 2 N–H and O–H groups in total. The smallest absolute Gasteiger partial charge is 0.115 e. The van der Waals surface area contributed by atoms with Gasteiger partial charge in [-0.1, -0.05) is 25.1 Å². The van der Waals surface area contributed by atoms with Crippen molar-refractivity contribution < 1.29 is 10.2 Å². The molecule has 1 aromatic heterocycles. The number of aliphatic hydroxyl groups excluding tert-OH is 1. The van der Waals surface area contributed by atoms with Crippen LogP contribution in [-0.4, -0.2) is 21.3 Å². The predicted octanol–water partition coefficient (Wildman–Crippen LogP) is 4.70. The summed E-state index contributed by atoms with van der Waals surface area (Å²) in [5.41, 5.74) is 4.99. The van der Waals surface area contributed by atoms with Crippen LogP contribution in [0.15, 0.2) is 48.3 Å². The van der Waals surface area contributed by atoms with Gasteiger partial charge in [0.2, 0.25) is 0 Å². The lowest BCUT2D eigenvalue weighted by atomic mass is 9.55. The highest BCUT2D eigenvalue weighted by Crippen LogP contribution is 2.62. The first-order valence-corrected chi connectivity index (χ1v) is 10.2. The molecule has 1 heterocycles. The molecule has 140 valence electrons. The molecule has 0 spiro atoms. The summed E-state index contributed by atoms with van der Waals surface area (Å²) in [5.74, 6) is 2.09. The van der Waals surface area contributed by atoms with Crippen molar-refractivity contribution in [2.45, 2.75) is 51.0 Å². The third kappa shape index (κ3) is 2.63. The summed E-state index contributed by atoms with van der Waals surface area (Å²) >= 11 is 0. The topological polar surface area (TPSA) is 53.4 Å². The summed E-state index contributed by atoms with van der Waals surface area (Å²) in [6.07, 6.45) is 10.8. The molecule has 27 heavy (non-hydrogen) atoms. The lowest BCUT2D eigenvalue weighted by Crippen LogP contribution is -2.44. The van der Waals surface area contributed by atoms with Gasteiger partial charge in [0.05, 0.1) is 6.10 Å². The fourth-order valence-corrected chi connectivity index (χ4v) is 6.24. The summed E-state index contributed by atoms with van der Waals surface area (Å²) < 4.78 is 0. The number of rotatable bonds is 1. The molecule has 0 amide bonds. The fourth-order valence-electron chi connectivity index (χ4n) is 6.24. The van der Waals surface area contributed by atoms with Gasteiger partial charge >= 0.3 is 0 Å². The van der Waals surface area contributed by atoms with Gasteiger partial charge in [0, 0.05) is 17.8 Å². The van der Waals surface area contributed by atoms with Gasteiger partial charge in [0.1, 0.15) is 5.75 Å². The van der Waals surface area contributed by atoms with Crippen molar-refractivity contribution in [2.75, 3.05) is 0 Å². The molecule has 3 aliphatic carbocycles. The molecule has 3 aliphatic rings. The van der Waals surface area contributed by atoms with Gasteiger partial charge in [0.25, 0.3) is 0 Å². The molecule has 0 aliphatic heterocycles. The molecule has 3 nitrogen and oxygen atoms in total. The Morgan fingerprint density at radius 3 is 2.93 bits per heavy atom. The number of benzene rings is 1. The number of aryl methyl sites for hydroxylation is 1. The maximum atomic E-state index is 11.2. The molecule has 3 heteroatoms. The summed E-state index contributed by atoms with van der Waals surface area (Å²) in [7, 11) is 0. The van der Waals surface area contributed by atoms with Crippen molar-refractivity contribution in [3.63, 3.8) is 0 Å². The van der Waals surface area contributed by atoms with E-state index < -0.39 is 0 Å². The molecule has 0 radical (unpaired) electrons. The average Bonchev–Trinajstić information content (AvgIpc) is 2.93. The molecule has 2 aromatic rings. The normalized spacial score (nSPS) is 36.1. The molecule has 2 fully saturated rings. The van der Waals surface area contributed by atoms with Crippen molar-refractivity contribution in [3.8, 4) is 5.75 Å². The van der Waals surface area contributed by atoms with Crippen LogP contribution in [0.1, 0.15) is 55.2 Å². The Hall–Kier alpha value is -2.13. The van der Waals surface area contributed by atoms with Crippen LogP contribution < -0.4 is 0 Å². The fraction of sp³-hybridized carbons (Fsp3) is 0.458. The summed E-state index contributed by atoms with van der Waals surface area (Å²) in [6, 6.07) is 9.94. The summed E-state index contributed by atoms with van der Waals surface area (Å²) in [4.78, 5) is 4.21. The van der Waals surface area contributed by atoms with E-state index in [4.69, 9.17) is 0 Å². The van der Waals surface area contributed by atoms with E-state index in [1.807, 2.05) is 24.4 Å². The third-order valence-corrected chi connectivity index (χ3v) is 7.62. The molecule has 0 unspecified atom stereocenters. The molecule has 0 saturated heterocycles. The summed E-state index contributed by atoms with van der Waals surface area (Å²) in [5, 5.41) is 21.0. The largest absolute Gasteiger partial charge is 0.508 e. The molecular weight excluding hydrogens is 334 g/mol. The Morgan fingerprint density at radius 1 is 1.22 bits per heavy atom. The number of fused-ring (bicyclic) bond motifs is 5. The van der Waals surface area contributed by atoms with Crippen LogP contribution in [-0.2, 0) is 6.42 Å². The minimum Gasteiger partial charge on any atom is -0.508 e. The van der Waals surface area contributed by atoms with Gasteiger partial charge in [-0.15, -0.1) is 0 Å². The van der Waals surface area contributed by atoms with Crippen LogP contribution in [0.25, 0.3) is 6.08 Å². The number of nitrogens with zero attached hydrogens (tertiary/aromatic N) is 1. The van der Waals surface area contributed by atoms with Gasteiger partial charge in [-0.3, -0.25) is 4.98 Å². The van der Waals surface area contributed by atoms with E-state index in [2.05, 4.69) is 30.1 Å². The van der Waals surface area contributed by atoms with Crippen LogP contribution in [0.2, 0.25) is 0 Å². The number of aromatic nitrogens is 1. The molecule has 0 bridgehead atoms. The van der Waals surface area contributed by atoms with Crippen molar-refractivity contribution in [2.24, 2.45) is 17.3 Å². The van der Waals surface area contributed by atoms with Gasteiger partial charge < -0.3 is 10.2 Å². The van der Waals surface area contributed by atoms with Crippen molar-refractivity contribution in [3.05, 3.63) is 65.0 Å². The second-order valence-corrected chi connectivity index (χ2v) is 8.96. The van der Waals surface area contributed by atoms with E-state index in [1.165, 1.54) is 16.7 Å². The van der Waals surface area contributed by atoms with E-state index in [9.17, 15) is 10.2 Å². The number of pyridine rings is 1. The Bertz CT molecular complexity index is 891. The SMILES string of the molecule is C[C@]12CC[C@@H]3c4ccc(O)cc4CC[C@H]3[C@@H]1C/C(=C\c1cccnc1)[C@@H]2O. The number of hydrogen-bond donors (Lipinski definition) is 2. The number of phenols is 1. The van der Waals surface area contributed by atoms with E-state index in [0.29, 0.717) is 23.5 Å². The lowest BCUT2D eigenvalue weighted by molar-refractivity contribution is -0.0158. The second-order valence-electron chi connectivity index (χ2n) is 8.96. The number of aliphatic hydroxyl groups is 1. The monoisotopic (exact) mass is 361 g/mol. The van der Waals surface area contributed by atoms with Crippen LogP contribution in [0.5, 0.6) is 5.75 Å². The molecule has 2 saturated carbocycles.